The average Bonchev–Trinajstić information content (AvgIpc) is 1.91. The zero-order chi connectivity index (χ0) is 7.54. The second-order valence-electron chi connectivity index (χ2n) is 1.10. The molecule has 0 aliphatic heterocycles. The first-order valence-corrected chi connectivity index (χ1v) is 2.77. The molecule has 0 atom stereocenters. The van der Waals surface area contributed by atoms with Crippen molar-refractivity contribution < 1.29 is 0 Å². The smallest absolute Gasteiger partial charge is 0.0229 e. The van der Waals surface area contributed by atoms with Gasteiger partial charge in [0.25, 0.3) is 0 Å². The number of azide groups is 1. The van der Waals surface area contributed by atoms with Gasteiger partial charge < -0.3 is 0 Å². The molecule has 0 aliphatic rings. The number of rotatable bonds is 1. The summed E-state index contributed by atoms with van der Waals surface area (Å²) < 4.78 is 0. The van der Waals surface area contributed by atoms with Crippen molar-refractivity contribution in [2.75, 3.05) is 6.54 Å². The molecule has 0 saturated heterocycles. The minimum Gasteiger partial charge on any atom is -0.120 e. The van der Waals surface area contributed by atoms with Gasteiger partial charge in [-0.15, -0.1) is 12.3 Å². The molecule has 0 aromatic heterocycles. The lowest BCUT2D eigenvalue weighted by atomic mass is 10.5. The van der Waals surface area contributed by atoms with E-state index in [9.17, 15) is 0 Å². The molecule has 0 fully saturated rings. The van der Waals surface area contributed by atoms with Crippen molar-refractivity contribution in [3.63, 3.8) is 0 Å². The van der Waals surface area contributed by atoms with Crippen LogP contribution in [0.15, 0.2) is 5.11 Å². The van der Waals surface area contributed by atoms with Crippen molar-refractivity contribution in [1.29, 1.82) is 0 Å². The van der Waals surface area contributed by atoms with Crippen LogP contribution in [0, 0.1) is 12.3 Å². The van der Waals surface area contributed by atoms with Crippen molar-refractivity contribution in [1.82, 2.24) is 0 Å². The summed E-state index contributed by atoms with van der Waals surface area (Å²) in [4.78, 5) is 2.48. The number of nitrogens with zero attached hydrogens (tertiary/aromatic N) is 3. The summed E-state index contributed by atoms with van der Waals surface area (Å²) in [6.45, 7) is 4.29. The predicted molar refractivity (Wildman–Crippen MR) is 45.5 cm³/mol. The van der Waals surface area contributed by atoms with Gasteiger partial charge in [-0.1, -0.05) is 26.4 Å². The number of terminal acetylenes is 1. The fourth-order valence-electron chi connectivity index (χ4n) is 0.0632. The summed E-state index contributed by atoms with van der Waals surface area (Å²) in [6, 6.07) is 0. The Balaban J connectivity index is -0.0000000910. The summed E-state index contributed by atoms with van der Waals surface area (Å²) in [7, 11) is 0. The second-order valence-corrected chi connectivity index (χ2v) is 1.10. The molecule has 0 aromatic carbocycles. The second kappa shape index (κ2) is 24.8. The summed E-state index contributed by atoms with van der Waals surface area (Å²) in [6.07, 6.45) is 5.62. The molecule has 3 nitrogen and oxygen atoms in total. The molecule has 3 heteroatoms. The van der Waals surface area contributed by atoms with Gasteiger partial charge in [-0.25, -0.2) is 0 Å². The third-order valence-electron chi connectivity index (χ3n) is 0.409. The highest BCUT2D eigenvalue weighted by atomic mass is 15.1. The van der Waals surface area contributed by atoms with E-state index in [1.54, 1.807) is 6.92 Å². The van der Waals surface area contributed by atoms with E-state index in [0.717, 1.165) is 6.42 Å². The van der Waals surface area contributed by atoms with Gasteiger partial charge in [-0.05, 0) is 5.53 Å². The fourth-order valence-corrected chi connectivity index (χ4v) is 0.0632. The van der Waals surface area contributed by atoms with Crippen LogP contribution in [0.1, 0.15) is 27.7 Å². The lowest BCUT2D eigenvalue weighted by Crippen LogP contribution is -1.52. The topological polar surface area (TPSA) is 48.8 Å². The van der Waals surface area contributed by atoms with Crippen molar-refractivity contribution in [2.45, 2.75) is 27.7 Å². The van der Waals surface area contributed by atoms with Crippen molar-refractivity contribution >= 4 is 0 Å². The summed E-state index contributed by atoms with van der Waals surface area (Å²) in [5, 5.41) is 3.15. The van der Waals surface area contributed by atoms with Crippen LogP contribution < -0.4 is 0 Å². The minimum atomic E-state index is 0. The Morgan fingerprint density at radius 2 is 2.00 bits per heavy atom. The Labute approximate surface area is 63.1 Å². The standard InChI is InChI=1S/C4H6.C2H5N3.CH4/c1-3-4-2;1-2-4-5-3;/h1H,4H2,2H3;2H2,1H3;1H4. The molecule has 0 aromatic rings. The first kappa shape index (κ1) is 15.9. The van der Waals surface area contributed by atoms with E-state index >= 15 is 0 Å². The van der Waals surface area contributed by atoms with E-state index < -0.39 is 0 Å². The van der Waals surface area contributed by atoms with Crippen molar-refractivity contribution in [3.8, 4) is 12.3 Å². The SMILES string of the molecule is C.C#CCC.CCN=[N+]=[N-]. The van der Waals surface area contributed by atoms with Crippen LogP contribution in [0.4, 0.5) is 0 Å². The van der Waals surface area contributed by atoms with Crippen LogP contribution in [0.25, 0.3) is 10.4 Å². The predicted octanol–water partition coefficient (Wildman–Crippen LogP) is 2.98. The molecule has 0 bridgehead atoms. The molecule has 0 spiro atoms. The normalized spacial score (nSPS) is 4.90. The van der Waals surface area contributed by atoms with Gasteiger partial charge in [0.2, 0.25) is 0 Å². The van der Waals surface area contributed by atoms with Gasteiger partial charge in [0.05, 0.1) is 0 Å². The number of hydrogen-bond acceptors (Lipinski definition) is 1. The van der Waals surface area contributed by atoms with E-state index in [-0.39, 0.29) is 7.43 Å². The third-order valence-corrected chi connectivity index (χ3v) is 0.409. The summed E-state index contributed by atoms with van der Waals surface area (Å²) in [5.74, 6) is 2.43. The van der Waals surface area contributed by atoms with Crippen molar-refractivity contribution in [3.05, 3.63) is 10.4 Å². The molecule has 0 unspecified atom stereocenters. The van der Waals surface area contributed by atoms with Gasteiger partial charge in [0, 0.05) is 17.9 Å². The summed E-state index contributed by atoms with van der Waals surface area (Å²) in [5.41, 5.74) is 7.52. The van der Waals surface area contributed by atoms with Gasteiger partial charge >= 0.3 is 0 Å². The average molecular weight is 141 g/mol. The fraction of sp³-hybridized carbons (Fsp3) is 0.714. The third kappa shape index (κ3) is 67.7. The highest BCUT2D eigenvalue weighted by Gasteiger charge is 1.51. The lowest BCUT2D eigenvalue weighted by molar-refractivity contribution is 1.11. The first-order chi connectivity index (χ1) is 4.33. The summed E-state index contributed by atoms with van der Waals surface area (Å²) >= 11 is 0. The van der Waals surface area contributed by atoms with Gasteiger partial charge in [-0.2, -0.15) is 0 Å². The molecule has 10 heavy (non-hydrogen) atoms. The van der Waals surface area contributed by atoms with E-state index in [4.69, 9.17) is 12.0 Å². The Morgan fingerprint density at radius 1 is 1.60 bits per heavy atom. The maximum absolute atomic E-state index is 7.52. The van der Waals surface area contributed by atoms with Crippen LogP contribution in [-0.2, 0) is 0 Å². The largest absolute Gasteiger partial charge is 0.120 e. The molecule has 0 radical (unpaired) electrons. The Kier molecular flexibility index (Phi) is 39.5. The minimum absolute atomic E-state index is 0. The van der Waals surface area contributed by atoms with E-state index in [0.29, 0.717) is 6.54 Å². The molecule has 0 amide bonds. The van der Waals surface area contributed by atoms with Gasteiger partial charge in [0.15, 0.2) is 0 Å². The maximum atomic E-state index is 7.52. The van der Waals surface area contributed by atoms with Crippen LogP contribution in [-0.4, -0.2) is 6.54 Å². The zero-order valence-corrected chi connectivity index (χ0v) is 5.83. The van der Waals surface area contributed by atoms with Crippen LogP contribution in [0.5, 0.6) is 0 Å². The van der Waals surface area contributed by atoms with E-state index in [2.05, 4.69) is 15.9 Å². The van der Waals surface area contributed by atoms with Gasteiger partial charge in [0.1, 0.15) is 0 Å². The van der Waals surface area contributed by atoms with E-state index in [1.807, 2.05) is 6.92 Å². The highest BCUT2D eigenvalue weighted by molar-refractivity contribution is 4.80. The molecular weight excluding hydrogens is 126 g/mol. The maximum Gasteiger partial charge on any atom is 0.0229 e. The highest BCUT2D eigenvalue weighted by Crippen LogP contribution is 1.61. The molecule has 0 heterocycles. The quantitative estimate of drug-likeness (QED) is 0.233. The number of hydrogen-bond donors (Lipinski definition) is 0. The molecule has 0 saturated carbocycles. The Bertz CT molecular complexity index is 117. The van der Waals surface area contributed by atoms with Crippen LogP contribution >= 0.6 is 0 Å². The monoisotopic (exact) mass is 141 g/mol. The van der Waals surface area contributed by atoms with E-state index in [1.165, 1.54) is 0 Å². The Morgan fingerprint density at radius 3 is 2.00 bits per heavy atom. The Hall–Kier alpha value is -1.13. The molecule has 0 N–H and O–H groups in total. The zero-order valence-electron chi connectivity index (χ0n) is 5.83. The lowest BCUT2D eigenvalue weighted by Gasteiger charge is -1.57. The molecule has 0 aliphatic carbocycles. The molecule has 0 rings (SSSR count). The molecule has 58 valence electrons. The van der Waals surface area contributed by atoms with Crippen molar-refractivity contribution in [2.24, 2.45) is 5.11 Å². The van der Waals surface area contributed by atoms with Crippen LogP contribution in [0.3, 0.4) is 0 Å². The van der Waals surface area contributed by atoms with Crippen LogP contribution in [0.2, 0.25) is 0 Å². The first-order valence-electron chi connectivity index (χ1n) is 2.77. The molecular formula is C7H15N3. The van der Waals surface area contributed by atoms with Gasteiger partial charge in [-0.3, -0.25) is 0 Å².